The number of aromatic hydroxyl groups is 2. The lowest BCUT2D eigenvalue weighted by Gasteiger charge is -2.45. The summed E-state index contributed by atoms with van der Waals surface area (Å²) in [5.41, 5.74) is -1.79. The Bertz CT molecular complexity index is 699. The van der Waals surface area contributed by atoms with Gasteiger partial charge < -0.3 is 19.5 Å². The predicted molar refractivity (Wildman–Crippen MR) is 64.4 cm³/mol. The zero-order valence-corrected chi connectivity index (χ0v) is 11.0. The second kappa shape index (κ2) is 4.63. The minimum absolute atomic E-state index is 0.174. The van der Waals surface area contributed by atoms with Crippen LogP contribution in [0.4, 0.5) is 13.2 Å². The molecule has 1 fully saturated rings. The van der Waals surface area contributed by atoms with E-state index >= 15 is 0 Å². The van der Waals surface area contributed by atoms with Crippen molar-refractivity contribution < 1.29 is 32.9 Å². The van der Waals surface area contributed by atoms with Gasteiger partial charge in [0.1, 0.15) is 6.04 Å². The van der Waals surface area contributed by atoms with Crippen molar-refractivity contribution in [2.75, 3.05) is 6.61 Å². The van der Waals surface area contributed by atoms with Crippen LogP contribution in [0.3, 0.4) is 0 Å². The molecule has 2 N–H and O–H groups in total. The maximum atomic E-state index is 13.1. The summed E-state index contributed by atoms with van der Waals surface area (Å²) in [6, 6.07) is -2.05. The van der Waals surface area contributed by atoms with Gasteiger partial charge in [0.2, 0.25) is 0 Å². The van der Waals surface area contributed by atoms with Crippen molar-refractivity contribution in [2.24, 2.45) is 0 Å². The van der Waals surface area contributed by atoms with Crippen LogP contribution in [0.1, 0.15) is 16.9 Å². The number of ether oxygens (including phenoxy) is 1. The lowest BCUT2D eigenvalue weighted by Crippen LogP contribution is -2.61. The van der Waals surface area contributed by atoms with Crippen molar-refractivity contribution in [3.05, 3.63) is 22.1 Å². The molecule has 0 saturated carbocycles. The Balaban J connectivity index is 2.13. The van der Waals surface area contributed by atoms with Crippen LogP contribution in [-0.2, 0) is 11.3 Å². The quantitative estimate of drug-likeness (QED) is 0.721. The number of aromatic nitrogens is 1. The monoisotopic (exact) mass is 320 g/mol. The van der Waals surface area contributed by atoms with Crippen LogP contribution in [0.5, 0.6) is 11.5 Å². The fraction of sp³-hybridized carbons (Fsp3) is 0.500. The Morgan fingerprint density at radius 1 is 1.27 bits per heavy atom. The fourth-order valence-corrected chi connectivity index (χ4v) is 2.76. The van der Waals surface area contributed by atoms with Crippen LogP contribution in [0.2, 0.25) is 0 Å². The van der Waals surface area contributed by atoms with Gasteiger partial charge in [-0.3, -0.25) is 14.5 Å². The maximum Gasteiger partial charge on any atom is 0.409 e. The molecule has 0 spiro atoms. The van der Waals surface area contributed by atoms with Crippen LogP contribution in [0.15, 0.2) is 11.0 Å². The number of amides is 1. The van der Waals surface area contributed by atoms with Crippen LogP contribution in [-0.4, -0.2) is 50.6 Å². The summed E-state index contributed by atoms with van der Waals surface area (Å²) < 4.78 is 45.5. The number of hydrogen-bond donors (Lipinski definition) is 2. The molecule has 7 nitrogen and oxygen atoms in total. The van der Waals surface area contributed by atoms with E-state index in [2.05, 4.69) is 0 Å². The number of alkyl halides is 3. The highest BCUT2D eigenvalue weighted by Crippen LogP contribution is 2.36. The molecule has 0 aliphatic carbocycles. The third kappa shape index (κ3) is 2.02. The number of halogens is 3. The van der Waals surface area contributed by atoms with E-state index in [9.17, 15) is 33.0 Å². The maximum absolute atomic E-state index is 13.1. The minimum Gasteiger partial charge on any atom is -0.503 e. The van der Waals surface area contributed by atoms with E-state index in [0.717, 1.165) is 10.8 Å². The van der Waals surface area contributed by atoms with Gasteiger partial charge in [0, 0.05) is 6.42 Å². The number of carbonyl (C=O) groups excluding carboxylic acids is 1. The summed E-state index contributed by atoms with van der Waals surface area (Å²) in [7, 11) is 0. The van der Waals surface area contributed by atoms with Crippen molar-refractivity contribution in [1.29, 1.82) is 0 Å². The Morgan fingerprint density at radius 2 is 1.95 bits per heavy atom. The largest absolute Gasteiger partial charge is 0.503 e. The van der Waals surface area contributed by atoms with Gasteiger partial charge in [0.05, 0.1) is 19.3 Å². The van der Waals surface area contributed by atoms with Gasteiger partial charge >= 0.3 is 6.18 Å². The van der Waals surface area contributed by atoms with Gasteiger partial charge in [-0.1, -0.05) is 0 Å². The van der Waals surface area contributed by atoms with E-state index in [0.29, 0.717) is 4.90 Å². The number of pyridine rings is 1. The molecule has 10 heteroatoms. The second-order valence-electron chi connectivity index (χ2n) is 5.08. The molecule has 0 unspecified atom stereocenters. The van der Waals surface area contributed by atoms with Crippen molar-refractivity contribution in [3.63, 3.8) is 0 Å². The molecule has 3 rings (SSSR count). The summed E-state index contributed by atoms with van der Waals surface area (Å²) in [5, 5.41) is 19.1. The topological polar surface area (TPSA) is 92.0 Å². The highest BCUT2D eigenvalue weighted by Gasteiger charge is 2.52. The van der Waals surface area contributed by atoms with E-state index in [1.165, 1.54) is 0 Å². The molecule has 3 heterocycles. The number of fused-ring (bicyclic) bond motifs is 2. The van der Waals surface area contributed by atoms with Crippen LogP contribution in [0, 0.1) is 0 Å². The highest BCUT2D eigenvalue weighted by atomic mass is 19.4. The summed E-state index contributed by atoms with van der Waals surface area (Å²) in [4.78, 5) is 24.3. The normalized spacial score (nSPS) is 24.9. The van der Waals surface area contributed by atoms with Gasteiger partial charge in [0.15, 0.2) is 23.4 Å². The zero-order valence-electron chi connectivity index (χ0n) is 11.0. The van der Waals surface area contributed by atoms with Crippen LogP contribution < -0.4 is 5.43 Å². The van der Waals surface area contributed by atoms with Gasteiger partial charge in [-0.15, -0.1) is 0 Å². The molecule has 1 aromatic heterocycles. The molecule has 1 aromatic rings. The molecule has 1 amide bonds. The van der Waals surface area contributed by atoms with E-state index in [-0.39, 0.29) is 13.2 Å². The van der Waals surface area contributed by atoms with Crippen molar-refractivity contribution in [1.82, 2.24) is 9.47 Å². The molecule has 2 atom stereocenters. The van der Waals surface area contributed by atoms with E-state index in [1.807, 2.05) is 0 Å². The van der Waals surface area contributed by atoms with Crippen LogP contribution in [0.25, 0.3) is 0 Å². The lowest BCUT2D eigenvalue weighted by atomic mass is 10.1. The Kier molecular flexibility index (Phi) is 3.09. The third-order valence-corrected chi connectivity index (χ3v) is 3.75. The second-order valence-corrected chi connectivity index (χ2v) is 5.08. The summed E-state index contributed by atoms with van der Waals surface area (Å²) in [5.74, 6) is -3.03. The number of nitrogens with zero attached hydrogens (tertiary/aromatic N) is 2. The van der Waals surface area contributed by atoms with Crippen LogP contribution >= 0.6 is 0 Å². The smallest absolute Gasteiger partial charge is 0.409 e. The average molecular weight is 320 g/mol. The molecule has 0 aromatic carbocycles. The Labute approximate surface area is 121 Å². The minimum atomic E-state index is -4.65. The zero-order chi connectivity index (χ0) is 16.2. The molecular weight excluding hydrogens is 309 g/mol. The third-order valence-electron chi connectivity index (χ3n) is 3.75. The molecule has 1 saturated heterocycles. The van der Waals surface area contributed by atoms with E-state index in [1.54, 1.807) is 0 Å². The number of carbonyl (C=O) groups is 1. The van der Waals surface area contributed by atoms with E-state index in [4.69, 9.17) is 4.74 Å². The van der Waals surface area contributed by atoms with Gasteiger partial charge in [-0.2, -0.15) is 13.2 Å². The van der Waals surface area contributed by atoms with Gasteiger partial charge in [-0.05, 0) is 0 Å². The first-order valence-electron chi connectivity index (χ1n) is 6.38. The fourth-order valence-electron chi connectivity index (χ4n) is 2.76. The Morgan fingerprint density at radius 3 is 2.59 bits per heavy atom. The summed E-state index contributed by atoms with van der Waals surface area (Å²) >= 11 is 0. The highest BCUT2D eigenvalue weighted by molar-refractivity contribution is 5.96. The van der Waals surface area contributed by atoms with Gasteiger partial charge in [-0.25, -0.2) is 0 Å². The standard InChI is InChI=1S/C12H11F3N2O5/c13-12(14,15)6-1-2-22-7-4-16-3-5(18)9(19)10(20)8(16)11(21)17(6)7/h3,6-7,18,20H,1-2,4H2/t6-,7+/m0/s1. The van der Waals surface area contributed by atoms with E-state index < -0.39 is 53.4 Å². The predicted octanol–water partition coefficient (Wildman–Crippen LogP) is 0.393. The molecule has 22 heavy (non-hydrogen) atoms. The first kappa shape index (κ1) is 14.7. The number of hydrogen-bond acceptors (Lipinski definition) is 5. The van der Waals surface area contributed by atoms with Gasteiger partial charge in [0.25, 0.3) is 11.3 Å². The Hall–Kier alpha value is -2.23. The molecule has 0 bridgehead atoms. The molecular formula is C12H11F3N2O5. The van der Waals surface area contributed by atoms with Crippen molar-refractivity contribution >= 4 is 5.91 Å². The van der Waals surface area contributed by atoms with Crippen molar-refractivity contribution in [2.45, 2.75) is 31.4 Å². The average Bonchev–Trinajstić information content (AvgIpc) is 2.43. The molecule has 2 aliphatic rings. The lowest BCUT2D eigenvalue weighted by molar-refractivity contribution is -0.229. The molecule has 2 aliphatic heterocycles. The molecule has 0 radical (unpaired) electrons. The molecule has 120 valence electrons. The first-order chi connectivity index (χ1) is 10.2. The first-order valence-corrected chi connectivity index (χ1v) is 6.38. The van der Waals surface area contributed by atoms with Crippen molar-refractivity contribution in [3.8, 4) is 11.5 Å². The summed E-state index contributed by atoms with van der Waals surface area (Å²) in [6.07, 6.45) is -5.35. The summed E-state index contributed by atoms with van der Waals surface area (Å²) in [6.45, 7) is -0.402. The SMILES string of the molecule is O=C1c2c(O)c(=O)c(O)cn2C[C@H]2OCC[C@@H](C(F)(F)F)N12. The number of rotatable bonds is 0.